The molecule has 0 saturated carbocycles. The first-order valence-corrected chi connectivity index (χ1v) is 17.5. The molecular formula is C38H40N6O10. The lowest BCUT2D eigenvalue weighted by atomic mass is 9.97. The molecule has 0 radical (unpaired) electrons. The van der Waals surface area contributed by atoms with Crippen LogP contribution < -0.4 is 0 Å². The van der Waals surface area contributed by atoms with Crippen LogP contribution in [0.2, 0.25) is 0 Å². The summed E-state index contributed by atoms with van der Waals surface area (Å²) < 4.78 is 51.1. The standard InChI is InChI=1S/C38H40N6O10/c1-4-48-35(45)24-11-15-29(16-12-24)43-19-27(39-41-43)21-50-33-32-31(23-52-37(54-32)26-9-7-6-8-10-26)53-38(47-3)34(33)51-22-28-20-44(42-40-28)30-17-13-25(14-18-30)36(46)49-5-2/h6-20,31-34,37-38H,4-5,21-23H2,1-3H3/t31-,32-,33+,34-,37-,38+/m1/s1. The number of esters is 2. The molecule has 16 heteroatoms. The minimum Gasteiger partial charge on any atom is -0.462 e. The maximum Gasteiger partial charge on any atom is 0.338 e. The molecule has 3 aromatic carbocycles. The Kier molecular flexibility index (Phi) is 11.8. The van der Waals surface area contributed by atoms with Crippen LogP contribution in [0, 0.1) is 0 Å². The van der Waals surface area contributed by atoms with Crippen molar-refractivity contribution >= 4 is 11.9 Å². The van der Waals surface area contributed by atoms with Gasteiger partial charge < -0.3 is 37.9 Å². The zero-order valence-electron chi connectivity index (χ0n) is 29.9. The Morgan fingerprint density at radius 1 is 0.722 bits per heavy atom. The van der Waals surface area contributed by atoms with Gasteiger partial charge in [-0.25, -0.2) is 19.0 Å². The topological polar surface area (TPSA) is 169 Å². The van der Waals surface area contributed by atoms with Crippen molar-refractivity contribution in [1.29, 1.82) is 0 Å². The number of hydrogen-bond acceptors (Lipinski definition) is 14. The largest absolute Gasteiger partial charge is 0.462 e. The summed E-state index contributed by atoms with van der Waals surface area (Å²) in [5.41, 5.74) is 4.21. The number of fused-ring (bicyclic) bond motifs is 1. The molecule has 2 aromatic heterocycles. The third kappa shape index (κ3) is 8.38. The molecule has 54 heavy (non-hydrogen) atoms. The minimum absolute atomic E-state index is 0.0443. The zero-order valence-corrected chi connectivity index (χ0v) is 29.9. The van der Waals surface area contributed by atoms with Gasteiger partial charge in [-0.15, -0.1) is 10.2 Å². The second-order valence-corrected chi connectivity index (χ2v) is 12.4. The van der Waals surface area contributed by atoms with Crippen LogP contribution in [0.3, 0.4) is 0 Å². The second-order valence-electron chi connectivity index (χ2n) is 12.4. The highest BCUT2D eigenvalue weighted by molar-refractivity contribution is 5.90. The Bertz CT molecular complexity index is 1990. The number of benzene rings is 3. The van der Waals surface area contributed by atoms with Crippen LogP contribution in [-0.2, 0) is 51.1 Å². The summed E-state index contributed by atoms with van der Waals surface area (Å²) >= 11 is 0. The third-order valence-electron chi connectivity index (χ3n) is 8.80. The van der Waals surface area contributed by atoms with Crippen molar-refractivity contribution in [3.05, 3.63) is 119 Å². The van der Waals surface area contributed by atoms with E-state index < -0.39 is 48.9 Å². The molecule has 6 atom stereocenters. The summed E-state index contributed by atoms with van der Waals surface area (Å²) in [4.78, 5) is 24.2. The fraction of sp³-hybridized carbons (Fsp3) is 0.368. The highest BCUT2D eigenvalue weighted by Gasteiger charge is 2.51. The summed E-state index contributed by atoms with van der Waals surface area (Å²) in [5.74, 6) is -0.789. The second kappa shape index (κ2) is 17.2. The molecular weight excluding hydrogens is 700 g/mol. The van der Waals surface area contributed by atoms with E-state index in [9.17, 15) is 9.59 Å². The summed E-state index contributed by atoms with van der Waals surface area (Å²) in [6.45, 7) is 4.44. The minimum atomic E-state index is -0.837. The van der Waals surface area contributed by atoms with Gasteiger partial charge in [-0.3, -0.25) is 0 Å². The van der Waals surface area contributed by atoms with Crippen LogP contribution in [-0.4, -0.2) is 99.6 Å². The molecule has 2 saturated heterocycles. The number of rotatable bonds is 14. The molecule has 0 amide bonds. The summed E-state index contributed by atoms with van der Waals surface area (Å²) in [7, 11) is 1.53. The van der Waals surface area contributed by atoms with Gasteiger partial charge in [-0.2, -0.15) is 0 Å². The SMILES string of the molecule is CCOC(=O)c1ccc(-n2cc(CO[C@@H]3[C@@H](OCc4cn(-c5ccc(C(=O)OCC)cc5)nn4)[C@@H](OC)O[C@@H]4CO[C@@H](c5ccccc5)O[C@@H]34)nn2)cc1. The van der Waals surface area contributed by atoms with E-state index >= 15 is 0 Å². The lowest BCUT2D eigenvalue weighted by molar-refractivity contribution is -0.369. The molecule has 2 fully saturated rings. The van der Waals surface area contributed by atoms with Crippen LogP contribution in [0.25, 0.3) is 11.4 Å². The zero-order chi connectivity index (χ0) is 37.4. The third-order valence-corrected chi connectivity index (χ3v) is 8.80. The Morgan fingerprint density at radius 3 is 1.78 bits per heavy atom. The van der Waals surface area contributed by atoms with Crippen LogP contribution in [0.5, 0.6) is 0 Å². The maximum absolute atomic E-state index is 12.1. The van der Waals surface area contributed by atoms with Crippen molar-refractivity contribution in [2.24, 2.45) is 0 Å². The van der Waals surface area contributed by atoms with Gasteiger partial charge in [-0.05, 0) is 62.4 Å². The van der Waals surface area contributed by atoms with Crippen molar-refractivity contribution in [3.8, 4) is 11.4 Å². The number of carbonyl (C=O) groups is 2. The smallest absolute Gasteiger partial charge is 0.338 e. The molecule has 2 aliphatic heterocycles. The molecule has 0 N–H and O–H groups in total. The predicted octanol–water partition coefficient (Wildman–Crippen LogP) is 4.16. The Morgan fingerprint density at radius 2 is 1.26 bits per heavy atom. The summed E-state index contributed by atoms with van der Waals surface area (Å²) in [5, 5.41) is 17.1. The van der Waals surface area contributed by atoms with E-state index in [2.05, 4.69) is 20.6 Å². The van der Waals surface area contributed by atoms with Crippen molar-refractivity contribution < 1.29 is 47.5 Å². The Hall–Kier alpha value is -5.36. The molecule has 5 aromatic rings. The van der Waals surface area contributed by atoms with Crippen LogP contribution in [0.15, 0.2) is 91.3 Å². The first-order valence-electron chi connectivity index (χ1n) is 17.5. The molecule has 2 aliphatic rings. The van der Waals surface area contributed by atoms with Gasteiger partial charge in [0.2, 0.25) is 0 Å². The van der Waals surface area contributed by atoms with Crippen molar-refractivity contribution in [2.75, 3.05) is 26.9 Å². The average Bonchev–Trinajstić information content (AvgIpc) is 3.90. The molecule has 0 bridgehead atoms. The van der Waals surface area contributed by atoms with E-state index in [1.54, 1.807) is 84.1 Å². The highest BCUT2D eigenvalue weighted by Crippen LogP contribution is 2.37. The molecule has 7 rings (SSSR count). The molecule has 0 aliphatic carbocycles. The predicted molar refractivity (Wildman–Crippen MR) is 187 cm³/mol. The van der Waals surface area contributed by atoms with E-state index in [0.29, 0.717) is 47.1 Å². The molecule has 0 unspecified atom stereocenters. The number of methoxy groups -OCH3 is 1. The lowest BCUT2D eigenvalue weighted by Gasteiger charge is -2.48. The quantitative estimate of drug-likeness (QED) is 0.149. The van der Waals surface area contributed by atoms with Crippen molar-refractivity contribution in [2.45, 2.75) is 64.1 Å². The van der Waals surface area contributed by atoms with E-state index in [0.717, 1.165) is 5.56 Å². The number of hydrogen-bond donors (Lipinski definition) is 0. The monoisotopic (exact) mass is 740 g/mol. The van der Waals surface area contributed by atoms with E-state index in [-0.39, 0.29) is 19.8 Å². The molecule has 0 spiro atoms. The van der Waals surface area contributed by atoms with E-state index in [1.807, 2.05) is 30.3 Å². The van der Waals surface area contributed by atoms with Crippen LogP contribution in [0.4, 0.5) is 0 Å². The number of aromatic nitrogens is 6. The van der Waals surface area contributed by atoms with Crippen molar-refractivity contribution in [1.82, 2.24) is 30.0 Å². The maximum atomic E-state index is 12.1. The number of carbonyl (C=O) groups excluding carboxylic acids is 2. The van der Waals surface area contributed by atoms with Gasteiger partial charge in [0.05, 0.1) is 67.9 Å². The van der Waals surface area contributed by atoms with Crippen LogP contribution in [0.1, 0.15) is 57.8 Å². The fourth-order valence-electron chi connectivity index (χ4n) is 6.16. The highest BCUT2D eigenvalue weighted by atomic mass is 16.8. The van der Waals surface area contributed by atoms with E-state index in [1.165, 1.54) is 7.11 Å². The summed E-state index contributed by atoms with van der Waals surface area (Å²) in [6.07, 6.45) is -0.627. The normalized spacial score (nSPS) is 22.4. The van der Waals surface area contributed by atoms with Gasteiger partial charge in [0.1, 0.15) is 35.8 Å². The first kappa shape index (κ1) is 37.0. The molecule has 4 heterocycles. The van der Waals surface area contributed by atoms with Gasteiger partial charge >= 0.3 is 11.9 Å². The average molecular weight is 741 g/mol. The molecule has 16 nitrogen and oxygen atoms in total. The molecule has 282 valence electrons. The number of ether oxygens (including phenoxy) is 8. The van der Waals surface area contributed by atoms with Gasteiger partial charge in [0, 0.05) is 12.7 Å². The van der Waals surface area contributed by atoms with Crippen LogP contribution >= 0.6 is 0 Å². The van der Waals surface area contributed by atoms with E-state index in [4.69, 9.17) is 37.9 Å². The lowest BCUT2D eigenvalue weighted by Crippen LogP contribution is -2.63. The Labute approximate surface area is 310 Å². The first-order chi connectivity index (χ1) is 26.4. The Balaban J connectivity index is 1.08. The van der Waals surface area contributed by atoms with Gasteiger partial charge in [0.15, 0.2) is 12.6 Å². The number of nitrogens with zero attached hydrogens (tertiary/aromatic N) is 6. The summed E-state index contributed by atoms with van der Waals surface area (Å²) in [6, 6.07) is 23.3. The van der Waals surface area contributed by atoms with Gasteiger partial charge in [0.25, 0.3) is 0 Å². The van der Waals surface area contributed by atoms with Gasteiger partial charge in [-0.1, -0.05) is 40.8 Å². The fourth-order valence-corrected chi connectivity index (χ4v) is 6.16. The van der Waals surface area contributed by atoms with Crippen molar-refractivity contribution in [3.63, 3.8) is 0 Å².